The summed E-state index contributed by atoms with van der Waals surface area (Å²) in [4.78, 5) is 5.30. The third kappa shape index (κ3) is 5.06. The predicted octanol–water partition coefficient (Wildman–Crippen LogP) is 13.4. The highest BCUT2D eigenvalue weighted by atomic mass is 16.3. The van der Waals surface area contributed by atoms with Gasteiger partial charge in [-0.1, -0.05) is 121 Å². The van der Waals surface area contributed by atoms with E-state index >= 15 is 0 Å². The van der Waals surface area contributed by atoms with E-state index in [9.17, 15) is 0 Å². The Labute approximate surface area is 327 Å². The Morgan fingerprint density at radius 1 is 0.439 bits per heavy atom. The van der Waals surface area contributed by atoms with Crippen molar-refractivity contribution in [1.82, 2.24) is 9.88 Å². The summed E-state index contributed by atoms with van der Waals surface area (Å²) in [5.41, 5.74) is 14.3. The van der Waals surface area contributed by atoms with E-state index in [0.29, 0.717) is 0 Å². The Hall–Kier alpha value is -7.63. The van der Waals surface area contributed by atoms with Crippen molar-refractivity contribution in [3.05, 3.63) is 205 Å². The van der Waals surface area contributed by atoms with E-state index in [2.05, 4.69) is 180 Å². The summed E-state index contributed by atoms with van der Waals surface area (Å²) in [6.45, 7) is 0. The number of allylic oxidation sites excluding steroid dienone is 1. The quantitative estimate of drug-likeness (QED) is 0.192. The molecule has 0 saturated heterocycles. The van der Waals surface area contributed by atoms with Crippen LogP contribution in [0, 0.1) is 0 Å². The fraction of sp³-hybridized carbons (Fsp3) is 0.0192. The number of furan rings is 2. The van der Waals surface area contributed by atoms with Crippen molar-refractivity contribution in [3.63, 3.8) is 0 Å². The molecule has 57 heavy (non-hydrogen) atoms. The van der Waals surface area contributed by atoms with Gasteiger partial charge in [0.2, 0.25) is 0 Å². The van der Waals surface area contributed by atoms with Gasteiger partial charge < -0.3 is 18.7 Å². The zero-order valence-corrected chi connectivity index (χ0v) is 30.7. The molecule has 1 atom stereocenters. The van der Waals surface area contributed by atoms with Crippen molar-refractivity contribution in [2.45, 2.75) is 6.17 Å². The maximum atomic E-state index is 6.54. The molecule has 0 spiro atoms. The Morgan fingerprint density at radius 3 is 1.88 bits per heavy atom. The lowest BCUT2D eigenvalue weighted by molar-refractivity contribution is 0.658. The standard InChI is InChI=1S/C52H33N3O2/c1-3-12-32(13-4-1)43-31-44(33-14-5-2-6-15-33)54-52(53-43)40-18-11-21-49-51(40)42-28-34(23-26-48(42)56-49)35-22-25-39-41-30-36(24-27-47(41)57-50(39)29-35)55-45-19-9-7-16-37(45)38-17-8-10-20-46(38)55/h1-31,52-53H. The molecule has 5 nitrogen and oxygen atoms in total. The Morgan fingerprint density at radius 2 is 1.09 bits per heavy atom. The summed E-state index contributed by atoms with van der Waals surface area (Å²) in [5.74, 6) is 0. The third-order valence-electron chi connectivity index (χ3n) is 11.4. The van der Waals surface area contributed by atoms with Crippen LogP contribution in [-0.4, -0.2) is 10.3 Å². The van der Waals surface area contributed by atoms with Crippen LogP contribution in [0.2, 0.25) is 0 Å². The molecule has 11 aromatic rings. The minimum Gasteiger partial charge on any atom is -0.456 e. The summed E-state index contributed by atoms with van der Waals surface area (Å²) < 4.78 is 15.4. The molecule has 0 amide bonds. The third-order valence-corrected chi connectivity index (χ3v) is 11.4. The predicted molar refractivity (Wildman–Crippen MR) is 234 cm³/mol. The van der Waals surface area contributed by atoms with Gasteiger partial charge in [-0.05, 0) is 89.0 Å². The van der Waals surface area contributed by atoms with Crippen molar-refractivity contribution in [1.29, 1.82) is 0 Å². The van der Waals surface area contributed by atoms with Gasteiger partial charge in [0.1, 0.15) is 28.5 Å². The highest BCUT2D eigenvalue weighted by molar-refractivity contribution is 6.14. The number of hydrogen-bond acceptors (Lipinski definition) is 4. The van der Waals surface area contributed by atoms with Crippen LogP contribution >= 0.6 is 0 Å². The largest absolute Gasteiger partial charge is 0.456 e. The summed E-state index contributed by atoms with van der Waals surface area (Å²) in [7, 11) is 0. The summed E-state index contributed by atoms with van der Waals surface area (Å²) in [5, 5.41) is 10.5. The van der Waals surface area contributed by atoms with E-state index in [-0.39, 0.29) is 6.17 Å². The summed E-state index contributed by atoms with van der Waals surface area (Å²) in [6.07, 6.45) is 1.82. The molecule has 8 aromatic carbocycles. The fourth-order valence-electron chi connectivity index (χ4n) is 8.78. The maximum absolute atomic E-state index is 6.54. The number of hydrogen-bond donors (Lipinski definition) is 1. The lowest BCUT2D eigenvalue weighted by atomic mass is 9.97. The SMILES string of the molecule is C1=C(c2ccccc2)NC(c2cccc3oc4ccc(-c5ccc6c(c5)oc5ccc(-n7c8ccccc8c8ccccc87)cc56)cc4c23)N=C1c1ccccc1. The van der Waals surface area contributed by atoms with Crippen LogP contribution in [0.5, 0.6) is 0 Å². The molecule has 0 bridgehead atoms. The van der Waals surface area contributed by atoms with Gasteiger partial charge in [0.15, 0.2) is 0 Å². The van der Waals surface area contributed by atoms with Crippen LogP contribution in [0.3, 0.4) is 0 Å². The van der Waals surface area contributed by atoms with Gasteiger partial charge in [0.25, 0.3) is 0 Å². The molecule has 12 rings (SSSR count). The average Bonchev–Trinajstić information content (AvgIpc) is 3.95. The normalized spacial score (nSPS) is 14.5. The molecule has 0 radical (unpaired) electrons. The molecule has 1 unspecified atom stereocenters. The smallest absolute Gasteiger partial charge is 0.146 e. The minimum atomic E-state index is -0.326. The summed E-state index contributed by atoms with van der Waals surface area (Å²) in [6, 6.07) is 63.9. The molecule has 268 valence electrons. The number of fused-ring (bicyclic) bond motifs is 9. The van der Waals surface area contributed by atoms with Crippen molar-refractivity contribution >= 4 is 77.1 Å². The van der Waals surface area contributed by atoms with Gasteiger partial charge in [0, 0.05) is 49.3 Å². The molecule has 5 heteroatoms. The molecule has 3 aromatic heterocycles. The van der Waals surface area contributed by atoms with Gasteiger partial charge in [-0.2, -0.15) is 0 Å². The van der Waals surface area contributed by atoms with E-state index in [1.165, 1.54) is 21.8 Å². The topological polar surface area (TPSA) is 55.6 Å². The van der Waals surface area contributed by atoms with Crippen LogP contribution < -0.4 is 5.32 Å². The van der Waals surface area contributed by atoms with E-state index in [1.807, 2.05) is 18.2 Å². The molecule has 0 aliphatic carbocycles. The van der Waals surface area contributed by atoms with E-state index < -0.39 is 0 Å². The number of nitrogens with one attached hydrogen (secondary N) is 1. The molecular formula is C52H33N3O2. The first-order valence-corrected chi connectivity index (χ1v) is 19.3. The van der Waals surface area contributed by atoms with Crippen molar-refractivity contribution in [2.24, 2.45) is 4.99 Å². The van der Waals surface area contributed by atoms with E-state index in [0.717, 1.165) is 88.8 Å². The van der Waals surface area contributed by atoms with E-state index in [4.69, 9.17) is 13.8 Å². The van der Waals surface area contributed by atoms with Crippen molar-refractivity contribution < 1.29 is 8.83 Å². The number of benzene rings is 8. The second-order valence-electron chi connectivity index (χ2n) is 14.7. The minimum absolute atomic E-state index is 0.326. The molecular weight excluding hydrogens is 699 g/mol. The van der Waals surface area contributed by atoms with Gasteiger partial charge >= 0.3 is 0 Å². The lowest BCUT2D eigenvalue weighted by Gasteiger charge is -2.25. The highest BCUT2D eigenvalue weighted by Gasteiger charge is 2.24. The highest BCUT2D eigenvalue weighted by Crippen LogP contribution is 2.40. The molecule has 0 fully saturated rings. The van der Waals surface area contributed by atoms with Gasteiger partial charge in [-0.25, -0.2) is 0 Å². The van der Waals surface area contributed by atoms with Crippen LogP contribution in [-0.2, 0) is 0 Å². The molecule has 1 aliphatic rings. The maximum Gasteiger partial charge on any atom is 0.146 e. The number of para-hydroxylation sites is 2. The molecule has 1 aliphatic heterocycles. The van der Waals surface area contributed by atoms with Crippen LogP contribution in [0.1, 0.15) is 22.9 Å². The first-order valence-electron chi connectivity index (χ1n) is 19.3. The number of aromatic nitrogens is 1. The van der Waals surface area contributed by atoms with Gasteiger partial charge in [-0.3, -0.25) is 4.99 Å². The Kier molecular flexibility index (Phi) is 6.92. The second-order valence-corrected chi connectivity index (χ2v) is 14.7. The number of rotatable bonds is 5. The average molecular weight is 732 g/mol. The van der Waals surface area contributed by atoms with E-state index in [1.54, 1.807) is 0 Å². The molecule has 0 saturated carbocycles. The first-order chi connectivity index (χ1) is 28.2. The van der Waals surface area contributed by atoms with Crippen LogP contribution in [0.15, 0.2) is 202 Å². The van der Waals surface area contributed by atoms with Crippen LogP contribution in [0.4, 0.5) is 0 Å². The first kappa shape index (κ1) is 31.7. The second kappa shape index (κ2) is 12.4. The Balaban J connectivity index is 0.960. The number of nitrogens with zero attached hydrogens (tertiary/aromatic N) is 2. The Bertz CT molecular complexity index is 3390. The summed E-state index contributed by atoms with van der Waals surface area (Å²) >= 11 is 0. The zero-order chi connectivity index (χ0) is 37.5. The number of aliphatic imine (C=N–C) groups is 1. The van der Waals surface area contributed by atoms with Crippen molar-refractivity contribution in [3.8, 4) is 16.8 Å². The van der Waals surface area contributed by atoms with Gasteiger partial charge in [-0.15, -0.1) is 0 Å². The zero-order valence-electron chi connectivity index (χ0n) is 30.7. The monoisotopic (exact) mass is 731 g/mol. The van der Waals surface area contributed by atoms with Crippen LogP contribution in [0.25, 0.3) is 88.2 Å². The molecule has 4 heterocycles. The fourth-order valence-corrected chi connectivity index (χ4v) is 8.78. The van der Waals surface area contributed by atoms with Gasteiger partial charge in [0.05, 0.1) is 16.7 Å². The molecule has 1 N–H and O–H groups in total. The van der Waals surface area contributed by atoms with Crippen molar-refractivity contribution in [2.75, 3.05) is 0 Å². The lowest BCUT2D eigenvalue weighted by Crippen LogP contribution is -2.25.